The lowest BCUT2D eigenvalue weighted by atomic mass is 9.66. The zero-order valence-electron chi connectivity index (χ0n) is 12.8. The number of pyridine rings is 1. The van der Waals surface area contributed by atoms with Gasteiger partial charge in [-0.2, -0.15) is 0 Å². The Kier molecular flexibility index (Phi) is 5.49. The zero-order valence-corrected chi connectivity index (χ0v) is 12.8. The summed E-state index contributed by atoms with van der Waals surface area (Å²) in [6, 6.07) is 2.67. The SMILES string of the molecule is CCOCCC1(CNC(=O)c2cc(C(=O)O)ccn2)CCC1. The normalized spacial score (nSPS) is 15.9. The fraction of sp³-hybridized carbons (Fsp3) is 0.562. The van der Waals surface area contributed by atoms with Crippen molar-refractivity contribution in [3.8, 4) is 0 Å². The standard InChI is InChI=1S/C16H22N2O4/c1-2-22-9-7-16(5-3-6-16)11-18-14(19)13-10-12(15(20)21)4-8-17-13/h4,8,10H,2-3,5-7,9,11H2,1H3,(H,18,19)(H,20,21). The molecule has 0 aliphatic heterocycles. The molecule has 1 saturated carbocycles. The first-order valence-electron chi connectivity index (χ1n) is 7.62. The van der Waals surface area contributed by atoms with Crippen molar-refractivity contribution in [3.63, 3.8) is 0 Å². The molecule has 0 atom stereocenters. The smallest absolute Gasteiger partial charge is 0.335 e. The van der Waals surface area contributed by atoms with Crippen molar-refractivity contribution < 1.29 is 19.4 Å². The predicted molar refractivity (Wildman–Crippen MR) is 80.9 cm³/mol. The number of carbonyl (C=O) groups is 2. The number of hydrogen-bond donors (Lipinski definition) is 2. The number of nitrogens with zero attached hydrogens (tertiary/aromatic N) is 1. The quantitative estimate of drug-likeness (QED) is 0.718. The number of aromatic carboxylic acids is 1. The van der Waals surface area contributed by atoms with Crippen LogP contribution >= 0.6 is 0 Å². The zero-order chi connectivity index (χ0) is 16.0. The van der Waals surface area contributed by atoms with Gasteiger partial charge in [-0.05, 0) is 43.7 Å². The molecule has 1 amide bonds. The van der Waals surface area contributed by atoms with Crippen LogP contribution in [0.2, 0.25) is 0 Å². The van der Waals surface area contributed by atoms with Crippen molar-refractivity contribution in [1.82, 2.24) is 10.3 Å². The summed E-state index contributed by atoms with van der Waals surface area (Å²) in [6.45, 7) is 3.96. The van der Waals surface area contributed by atoms with Crippen molar-refractivity contribution >= 4 is 11.9 Å². The number of rotatable bonds is 8. The Morgan fingerprint density at radius 2 is 2.23 bits per heavy atom. The number of ether oxygens (including phenoxy) is 1. The van der Waals surface area contributed by atoms with Crippen LogP contribution in [0.4, 0.5) is 0 Å². The molecule has 22 heavy (non-hydrogen) atoms. The van der Waals surface area contributed by atoms with E-state index in [1.54, 1.807) is 0 Å². The van der Waals surface area contributed by atoms with Gasteiger partial charge in [-0.15, -0.1) is 0 Å². The molecule has 0 radical (unpaired) electrons. The monoisotopic (exact) mass is 306 g/mol. The predicted octanol–water partition coefficient (Wildman–Crippen LogP) is 2.11. The largest absolute Gasteiger partial charge is 0.478 e. The van der Waals surface area contributed by atoms with E-state index in [0.29, 0.717) is 19.8 Å². The van der Waals surface area contributed by atoms with E-state index in [4.69, 9.17) is 9.84 Å². The molecule has 6 nitrogen and oxygen atoms in total. The van der Waals surface area contributed by atoms with Gasteiger partial charge in [0.2, 0.25) is 0 Å². The first-order valence-corrected chi connectivity index (χ1v) is 7.62. The maximum Gasteiger partial charge on any atom is 0.335 e. The first kappa shape index (κ1) is 16.4. The van der Waals surface area contributed by atoms with Gasteiger partial charge in [0, 0.05) is 26.0 Å². The van der Waals surface area contributed by atoms with Gasteiger partial charge in [0.15, 0.2) is 0 Å². The van der Waals surface area contributed by atoms with Gasteiger partial charge < -0.3 is 15.2 Å². The van der Waals surface area contributed by atoms with Crippen LogP contribution < -0.4 is 5.32 Å². The van der Waals surface area contributed by atoms with Crippen LogP contribution in [0.5, 0.6) is 0 Å². The van der Waals surface area contributed by atoms with E-state index >= 15 is 0 Å². The van der Waals surface area contributed by atoms with Gasteiger partial charge in [-0.3, -0.25) is 9.78 Å². The third kappa shape index (κ3) is 4.04. The molecule has 0 bridgehead atoms. The third-order valence-corrected chi connectivity index (χ3v) is 4.26. The lowest BCUT2D eigenvalue weighted by Gasteiger charge is -2.42. The lowest BCUT2D eigenvalue weighted by Crippen LogP contribution is -2.43. The van der Waals surface area contributed by atoms with E-state index < -0.39 is 5.97 Å². The second-order valence-corrected chi connectivity index (χ2v) is 5.72. The average molecular weight is 306 g/mol. The Labute approximate surface area is 129 Å². The summed E-state index contributed by atoms with van der Waals surface area (Å²) in [6.07, 6.45) is 5.62. The maximum absolute atomic E-state index is 12.1. The second-order valence-electron chi connectivity index (χ2n) is 5.72. The van der Waals surface area contributed by atoms with Crippen molar-refractivity contribution in [2.24, 2.45) is 5.41 Å². The summed E-state index contributed by atoms with van der Waals surface area (Å²) in [5.41, 5.74) is 0.323. The van der Waals surface area contributed by atoms with Crippen LogP contribution in [0.15, 0.2) is 18.3 Å². The Bertz CT molecular complexity index is 541. The van der Waals surface area contributed by atoms with Gasteiger partial charge in [0.1, 0.15) is 5.69 Å². The maximum atomic E-state index is 12.1. The molecule has 1 aliphatic carbocycles. The van der Waals surface area contributed by atoms with Gasteiger partial charge in [0.05, 0.1) is 5.56 Å². The van der Waals surface area contributed by atoms with Crippen molar-refractivity contribution in [2.75, 3.05) is 19.8 Å². The number of nitrogens with one attached hydrogen (secondary N) is 1. The molecule has 1 aliphatic rings. The van der Waals surface area contributed by atoms with Crippen molar-refractivity contribution in [1.29, 1.82) is 0 Å². The van der Waals surface area contributed by atoms with E-state index in [-0.39, 0.29) is 22.6 Å². The Morgan fingerprint density at radius 3 is 2.82 bits per heavy atom. The van der Waals surface area contributed by atoms with Crippen LogP contribution in [-0.2, 0) is 4.74 Å². The van der Waals surface area contributed by atoms with Gasteiger partial charge in [0.25, 0.3) is 5.91 Å². The summed E-state index contributed by atoms with van der Waals surface area (Å²) < 4.78 is 5.41. The van der Waals surface area contributed by atoms with Crippen LogP contribution in [0.3, 0.4) is 0 Å². The van der Waals surface area contributed by atoms with Gasteiger partial charge in [-0.1, -0.05) is 6.42 Å². The minimum atomic E-state index is -1.07. The Balaban J connectivity index is 1.91. The lowest BCUT2D eigenvalue weighted by molar-refractivity contribution is 0.0512. The topological polar surface area (TPSA) is 88.5 Å². The molecule has 0 saturated heterocycles. The number of hydrogen-bond acceptors (Lipinski definition) is 4. The highest BCUT2D eigenvalue weighted by molar-refractivity contribution is 5.95. The molecule has 0 spiro atoms. The number of carbonyl (C=O) groups excluding carboxylic acids is 1. The van der Waals surface area contributed by atoms with Crippen molar-refractivity contribution in [2.45, 2.75) is 32.6 Å². The van der Waals surface area contributed by atoms with E-state index in [1.807, 2.05) is 6.92 Å². The van der Waals surface area contributed by atoms with Gasteiger partial charge >= 0.3 is 5.97 Å². The molecule has 1 heterocycles. The minimum absolute atomic E-state index is 0.0647. The highest BCUT2D eigenvalue weighted by atomic mass is 16.5. The van der Waals surface area contributed by atoms with E-state index in [0.717, 1.165) is 19.3 Å². The van der Waals surface area contributed by atoms with Gasteiger partial charge in [-0.25, -0.2) is 4.79 Å². The average Bonchev–Trinajstić information content (AvgIpc) is 2.49. The van der Waals surface area contributed by atoms with E-state index in [2.05, 4.69) is 10.3 Å². The number of carboxylic acids is 1. The molecule has 1 fully saturated rings. The number of amides is 1. The Hall–Kier alpha value is -1.95. The third-order valence-electron chi connectivity index (χ3n) is 4.26. The molecule has 1 aromatic heterocycles. The summed E-state index contributed by atoms with van der Waals surface area (Å²) >= 11 is 0. The summed E-state index contributed by atoms with van der Waals surface area (Å²) in [5, 5.41) is 11.8. The molecule has 0 aromatic carbocycles. The fourth-order valence-electron chi connectivity index (χ4n) is 2.67. The molecular formula is C16H22N2O4. The first-order chi connectivity index (χ1) is 10.6. The highest BCUT2D eigenvalue weighted by Crippen LogP contribution is 2.43. The molecule has 0 unspecified atom stereocenters. The minimum Gasteiger partial charge on any atom is -0.478 e. The van der Waals surface area contributed by atoms with Crippen LogP contribution in [0, 0.1) is 5.41 Å². The summed E-state index contributed by atoms with van der Waals surface area (Å²) in [4.78, 5) is 27.0. The molecule has 120 valence electrons. The van der Waals surface area contributed by atoms with E-state index in [9.17, 15) is 9.59 Å². The van der Waals surface area contributed by atoms with E-state index in [1.165, 1.54) is 24.8 Å². The number of carboxylic acid groups (broad SMARTS) is 1. The van der Waals surface area contributed by atoms with Crippen LogP contribution in [-0.4, -0.2) is 41.7 Å². The molecule has 6 heteroatoms. The second kappa shape index (κ2) is 7.35. The van der Waals surface area contributed by atoms with Crippen LogP contribution in [0.25, 0.3) is 0 Å². The highest BCUT2D eigenvalue weighted by Gasteiger charge is 2.36. The molecule has 2 rings (SSSR count). The Morgan fingerprint density at radius 1 is 1.45 bits per heavy atom. The molecular weight excluding hydrogens is 284 g/mol. The fourth-order valence-corrected chi connectivity index (χ4v) is 2.67. The molecule has 2 N–H and O–H groups in total. The summed E-state index contributed by atoms with van der Waals surface area (Å²) in [7, 11) is 0. The summed E-state index contributed by atoms with van der Waals surface area (Å²) in [5.74, 6) is -1.39. The molecule has 1 aromatic rings. The van der Waals surface area contributed by atoms with Crippen molar-refractivity contribution in [3.05, 3.63) is 29.6 Å². The van der Waals surface area contributed by atoms with Crippen LogP contribution in [0.1, 0.15) is 53.5 Å². The number of aromatic nitrogens is 1.